The molecule has 0 radical (unpaired) electrons. The maximum atomic E-state index is 12.0. The van der Waals surface area contributed by atoms with E-state index in [2.05, 4.69) is 21.7 Å². The van der Waals surface area contributed by atoms with Gasteiger partial charge in [-0.3, -0.25) is 0 Å². The fourth-order valence-corrected chi connectivity index (χ4v) is 2.63. The summed E-state index contributed by atoms with van der Waals surface area (Å²) in [4.78, 5) is 18.1. The summed E-state index contributed by atoms with van der Waals surface area (Å²) in [6.45, 7) is 0.945. The van der Waals surface area contributed by atoms with Gasteiger partial charge in [0.25, 0.3) is 0 Å². The smallest absolute Gasteiger partial charge is 0.315 e. The molecule has 2 N–H and O–H groups in total. The van der Waals surface area contributed by atoms with Gasteiger partial charge < -0.3 is 20.3 Å². The molecular weight excluding hydrogens is 304 g/mol. The van der Waals surface area contributed by atoms with Crippen LogP contribution < -0.4 is 20.3 Å². The third-order valence-electron chi connectivity index (χ3n) is 3.93. The van der Waals surface area contributed by atoms with Crippen LogP contribution in [-0.4, -0.2) is 37.8 Å². The molecular formula is C18H22N4O2. The van der Waals surface area contributed by atoms with E-state index in [1.807, 2.05) is 49.3 Å². The summed E-state index contributed by atoms with van der Waals surface area (Å²) in [6.07, 6.45) is 2.57. The number of para-hydroxylation sites is 1. The number of benzene rings is 1. The molecule has 1 aliphatic heterocycles. The Bertz CT molecular complexity index is 693. The van der Waals surface area contributed by atoms with Crippen LogP contribution in [-0.2, 0) is 13.0 Å². The molecule has 3 rings (SSSR count). The van der Waals surface area contributed by atoms with Crippen molar-refractivity contribution in [1.82, 2.24) is 15.6 Å². The molecule has 2 aromatic rings. The Kier molecular flexibility index (Phi) is 4.84. The van der Waals surface area contributed by atoms with Crippen LogP contribution >= 0.6 is 0 Å². The number of hydrogen-bond donors (Lipinski definition) is 2. The lowest BCUT2D eigenvalue weighted by molar-refractivity contribution is 0.214. The van der Waals surface area contributed by atoms with Gasteiger partial charge in [0.15, 0.2) is 0 Å². The van der Waals surface area contributed by atoms with E-state index in [-0.39, 0.29) is 12.1 Å². The highest BCUT2D eigenvalue weighted by atomic mass is 16.5. The number of anilines is 1. The van der Waals surface area contributed by atoms with Gasteiger partial charge >= 0.3 is 6.03 Å². The third-order valence-corrected chi connectivity index (χ3v) is 3.93. The minimum atomic E-state index is -0.197. The van der Waals surface area contributed by atoms with Crippen LogP contribution in [0.3, 0.4) is 0 Å². The minimum absolute atomic E-state index is 0.00517. The van der Waals surface area contributed by atoms with Crippen molar-refractivity contribution in [3.8, 4) is 5.75 Å². The number of carbonyl (C=O) groups excluding carboxylic acids is 1. The summed E-state index contributed by atoms with van der Waals surface area (Å²) in [6, 6.07) is 11.6. The molecule has 2 heterocycles. The Morgan fingerprint density at radius 2 is 2.12 bits per heavy atom. The van der Waals surface area contributed by atoms with E-state index < -0.39 is 0 Å². The van der Waals surface area contributed by atoms with Crippen LogP contribution in [0, 0.1) is 0 Å². The fraction of sp³-hybridized carbons (Fsp3) is 0.333. The highest BCUT2D eigenvalue weighted by molar-refractivity contribution is 5.73. The summed E-state index contributed by atoms with van der Waals surface area (Å²) >= 11 is 0. The molecule has 0 saturated heterocycles. The fourth-order valence-electron chi connectivity index (χ4n) is 2.63. The van der Waals surface area contributed by atoms with E-state index in [0.717, 1.165) is 23.6 Å². The number of nitrogens with zero attached hydrogens (tertiary/aromatic N) is 2. The lowest BCUT2D eigenvalue weighted by Gasteiger charge is -2.14. The molecule has 1 aliphatic rings. The summed E-state index contributed by atoms with van der Waals surface area (Å²) in [5.74, 6) is 1.78. The second-order valence-electron chi connectivity index (χ2n) is 6.03. The molecule has 0 saturated carbocycles. The van der Waals surface area contributed by atoms with Crippen LogP contribution in [0.25, 0.3) is 0 Å². The van der Waals surface area contributed by atoms with E-state index in [4.69, 9.17) is 4.74 Å². The van der Waals surface area contributed by atoms with Crippen LogP contribution in [0.5, 0.6) is 5.75 Å². The van der Waals surface area contributed by atoms with Crippen molar-refractivity contribution in [2.75, 3.05) is 25.5 Å². The van der Waals surface area contributed by atoms with Crippen molar-refractivity contribution < 1.29 is 9.53 Å². The molecule has 0 unspecified atom stereocenters. The van der Waals surface area contributed by atoms with E-state index in [1.165, 1.54) is 5.56 Å². The largest absolute Gasteiger partial charge is 0.488 e. The number of rotatable bonds is 5. The highest BCUT2D eigenvalue weighted by Gasteiger charge is 2.22. The van der Waals surface area contributed by atoms with Crippen molar-refractivity contribution in [2.45, 2.75) is 19.1 Å². The van der Waals surface area contributed by atoms with Gasteiger partial charge in [-0.25, -0.2) is 9.78 Å². The molecule has 6 heteroatoms. The molecule has 6 nitrogen and oxygen atoms in total. The number of amides is 2. The zero-order valence-electron chi connectivity index (χ0n) is 14.0. The number of hydrogen-bond acceptors (Lipinski definition) is 4. The first-order chi connectivity index (χ1) is 11.6. The van der Waals surface area contributed by atoms with Crippen LogP contribution in [0.1, 0.15) is 11.1 Å². The third kappa shape index (κ3) is 3.95. The quantitative estimate of drug-likeness (QED) is 0.881. The van der Waals surface area contributed by atoms with Gasteiger partial charge in [0.1, 0.15) is 17.7 Å². The summed E-state index contributed by atoms with van der Waals surface area (Å²) < 4.78 is 5.81. The van der Waals surface area contributed by atoms with E-state index in [1.54, 1.807) is 6.20 Å². The van der Waals surface area contributed by atoms with Crippen molar-refractivity contribution in [1.29, 1.82) is 0 Å². The van der Waals surface area contributed by atoms with Crippen molar-refractivity contribution in [3.05, 3.63) is 53.7 Å². The second kappa shape index (κ2) is 7.21. The number of aromatic nitrogens is 1. The number of urea groups is 1. The summed E-state index contributed by atoms with van der Waals surface area (Å²) in [5.41, 5.74) is 2.20. The Hall–Kier alpha value is -2.76. The molecule has 0 spiro atoms. The maximum Gasteiger partial charge on any atom is 0.315 e. The molecule has 126 valence electrons. The molecule has 0 aliphatic carbocycles. The van der Waals surface area contributed by atoms with Crippen molar-refractivity contribution in [2.24, 2.45) is 0 Å². The topological polar surface area (TPSA) is 66.5 Å². The zero-order chi connectivity index (χ0) is 16.9. The van der Waals surface area contributed by atoms with Gasteiger partial charge in [0.2, 0.25) is 0 Å². The standard InChI is InChI=1S/C18H22N4O2/c1-22(2)17-9-13(7-8-19-17)11-20-18(23)21-12-15-10-14-5-3-4-6-16(14)24-15/h3-9,15H,10-12H2,1-2H3,(H2,20,21,23)/t15-/m1/s1. The zero-order valence-corrected chi connectivity index (χ0v) is 14.0. The van der Waals surface area contributed by atoms with E-state index >= 15 is 0 Å². The van der Waals surface area contributed by atoms with Crippen molar-refractivity contribution >= 4 is 11.8 Å². The highest BCUT2D eigenvalue weighted by Crippen LogP contribution is 2.27. The number of pyridine rings is 1. The molecule has 0 bridgehead atoms. The van der Waals surface area contributed by atoms with Gasteiger partial charge in [-0.1, -0.05) is 18.2 Å². The monoisotopic (exact) mass is 326 g/mol. The van der Waals surface area contributed by atoms with Gasteiger partial charge in [-0.05, 0) is 29.3 Å². The summed E-state index contributed by atoms with van der Waals surface area (Å²) in [7, 11) is 3.87. The van der Waals surface area contributed by atoms with Gasteiger partial charge in [0, 0.05) is 33.3 Å². The molecule has 0 fully saturated rings. The van der Waals surface area contributed by atoms with Crippen molar-refractivity contribution in [3.63, 3.8) is 0 Å². The normalized spacial score (nSPS) is 15.3. The number of nitrogens with one attached hydrogen (secondary N) is 2. The second-order valence-corrected chi connectivity index (χ2v) is 6.03. The van der Waals surface area contributed by atoms with Crippen LogP contribution in [0.4, 0.5) is 10.6 Å². The first-order valence-corrected chi connectivity index (χ1v) is 8.00. The first-order valence-electron chi connectivity index (χ1n) is 8.00. The molecule has 2 amide bonds. The van der Waals surface area contributed by atoms with Gasteiger partial charge in [-0.2, -0.15) is 0 Å². The Balaban J connectivity index is 1.43. The summed E-state index contributed by atoms with van der Waals surface area (Å²) in [5, 5.41) is 5.72. The molecule has 1 aromatic carbocycles. The SMILES string of the molecule is CN(C)c1cc(CNC(=O)NC[C@H]2Cc3ccccc3O2)ccn1. The Morgan fingerprint density at radius 3 is 2.92 bits per heavy atom. The minimum Gasteiger partial charge on any atom is -0.488 e. The lowest BCUT2D eigenvalue weighted by Crippen LogP contribution is -2.40. The van der Waals surface area contributed by atoms with Crippen LogP contribution in [0.15, 0.2) is 42.6 Å². The molecule has 24 heavy (non-hydrogen) atoms. The first kappa shape index (κ1) is 16.1. The van der Waals surface area contributed by atoms with Gasteiger partial charge in [-0.15, -0.1) is 0 Å². The number of carbonyl (C=O) groups is 1. The Morgan fingerprint density at radius 1 is 1.29 bits per heavy atom. The number of ether oxygens (including phenoxy) is 1. The molecule has 1 atom stereocenters. The Labute approximate surface area is 141 Å². The lowest BCUT2D eigenvalue weighted by atomic mass is 10.1. The average molecular weight is 326 g/mol. The predicted octanol–water partition coefficient (Wildman–Crippen LogP) is 1.95. The number of fused-ring (bicyclic) bond motifs is 1. The van der Waals surface area contributed by atoms with E-state index in [0.29, 0.717) is 13.1 Å². The average Bonchev–Trinajstić information content (AvgIpc) is 3.01. The predicted molar refractivity (Wildman–Crippen MR) is 93.4 cm³/mol. The maximum absolute atomic E-state index is 12.0. The molecule has 1 aromatic heterocycles. The van der Waals surface area contributed by atoms with Gasteiger partial charge in [0.05, 0.1) is 6.54 Å². The van der Waals surface area contributed by atoms with Crippen LogP contribution in [0.2, 0.25) is 0 Å². The van der Waals surface area contributed by atoms with E-state index in [9.17, 15) is 4.79 Å².